The Kier molecular flexibility index (Phi) is 5.55. The van der Waals surface area contributed by atoms with E-state index in [9.17, 15) is 4.79 Å². The van der Waals surface area contributed by atoms with Crippen molar-refractivity contribution >= 4 is 5.91 Å². The highest BCUT2D eigenvalue weighted by atomic mass is 16.5. The summed E-state index contributed by atoms with van der Waals surface area (Å²) in [5.41, 5.74) is 6.45. The Balaban J connectivity index is 2.62. The molecular formula is C13H16N2O3. The van der Waals surface area contributed by atoms with Crippen LogP contribution in [0.4, 0.5) is 0 Å². The Hall–Kier alpha value is -2.19. The molecule has 1 amide bonds. The molecule has 0 spiro atoms. The van der Waals surface area contributed by atoms with Crippen LogP contribution in [0.1, 0.15) is 5.56 Å². The number of benzene rings is 1. The SMILES string of the molecule is C#CCNC(=O)COc1ccc(CN)cc1OC. The maximum atomic E-state index is 11.3. The normalized spacial score (nSPS) is 9.39. The standard InChI is InChI=1S/C13H16N2O3/c1-3-6-15-13(16)9-18-11-5-4-10(8-14)7-12(11)17-2/h1,4-5,7H,6,8-9,14H2,2H3,(H,15,16). The third kappa shape index (κ3) is 4.00. The van der Waals surface area contributed by atoms with Crippen molar-refractivity contribution < 1.29 is 14.3 Å². The van der Waals surface area contributed by atoms with Gasteiger partial charge in [-0.3, -0.25) is 4.79 Å². The second-order valence-corrected chi connectivity index (χ2v) is 3.46. The van der Waals surface area contributed by atoms with E-state index in [1.165, 1.54) is 7.11 Å². The molecule has 0 aliphatic rings. The monoisotopic (exact) mass is 248 g/mol. The summed E-state index contributed by atoms with van der Waals surface area (Å²) in [5, 5.41) is 2.50. The van der Waals surface area contributed by atoms with Crippen molar-refractivity contribution in [3.05, 3.63) is 23.8 Å². The van der Waals surface area contributed by atoms with E-state index >= 15 is 0 Å². The molecule has 96 valence electrons. The van der Waals surface area contributed by atoms with Crippen LogP contribution in [0.25, 0.3) is 0 Å². The van der Waals surface area contributed by atoms with E-state index in [-0.39, 0.29) is 19.1 Å². The molecule has 1 rings (SSSR count). The van der Waals surface area contributed by atoms with Crippen LogP contribution in [-0.2, 0) is 11.3 Å². The molecule has 0 radical (unpaired) electrons. The number of amides is 1. The minimum atomic E-state index is -0.280. The molecule has 0 fully saturated rings. The molecule has 0 aliphatic carbocycles. The van der Waals surface area contributed by atoms with Crippen LogP contribution in [0.2, 0.25) is 0 Å². The molecule has 5 heteroatoms. The lowest BCUT2D eigenvalue weighted by atomic mass is 10.2. The van der Waals surface area contributed by atoms with Crippen LogP contribution in [0, 0.1) is 12.3 Å². The smallest absolute Gasteiger partial charge is 0.258 e. The molecule has 3 N–H and O–H groups in total. The maximum Gasteiger partial charge on any atom is 0.258 e. The number of methoxy groups -OCH3 is 1. The molecule has 0 saturated carbocycles. The van der Waals surface area contributed by atoms with Crippen molar-refractivity contribution in [2.45, 2.75) is 6.54 Å². The quantitative estimate of drug-likeness (QED) is 0.709. The first-order valence-corrected chi connectivity index (χ1v) is 5.41. The average Bonchev–Trinajstić information content (AvgIpc) is 2.42. The summed E-state index contributed by atoms with van der Waals surface area (Å²) in [4.78, 5) is 11.3. The number of ether oxygens (including phenoxy) is 2. The molecule has 0 aliphatic heterocycles. The Morgan fingerprint density at radius 2 is 2.28 bits per heavy atom. The summed E-state index contributed by atoms with van der Waals surface area (Å²) >= 11 is 0. The molecule has 0 atom stereocenters. The highest BCUT2D eigenvalue weighted by molar-refractivity contribution is 5.77. The van der Waals surface area contributed by atoms with Crippen molar-refractivity contribution in [1.82, 2.24) is 5.32 Å². The number of terminal acetylenes is 1. The van der Waals surface area contributed by atoms with Crippen molar-refractivity contribution in [1.29, 1.82) is 0 Å². The predicted octanol–water partition coefficient (Wildman–Crippen LogP) is 0.282. The largest absolute Gasteiger partial charge is 0.493 e. The first-order valence-electron chi connectivity index (χ1n) is 5.41. The van der Waals surface area contributed by atoms with E-state index in [2.05, 4.69) is 11.2 Å². The van der Waals surface area contributed by atoms with Gasteiger partial charge < -0.3 is 20.5 Å². The van der Waals surface area contributed by atoms with Gasteiger partial charge in [0.2, 0.25) is 0 Å². The van der Waals surface area contributed by atoms with Crippen molar-refractivity contribution in [2.24, 2.45) is 5.73 Å². The molecule has 0 saturated heterocycles. The zero-order chi connectivity index (χ0) is 13.4. The van der Waals surface area contributed by atoms with Gasteiger partial charge in [-0.15, -0.1) is 6.42 Å². The van der Waals surface area contributed by atoms with Gasteiger partial charge in [-0.25, -0.2) is 0 Å². The summed E-state index contributed by atoms with van der Waals surface area (Å²) in [6.07, 6.45) is 5.02. The lowest BCUT2D eigenvalue weighted by Crippen LogP contribution is -2.29. The zero-order valence-corrected chi connectivity index (χ0v) is 10.2. The van der Waals surface area contributed by atoms with Gasteiger partial charge >= 0.3 is 0 Å². The van der Waals surface area contributed by atoms with Crippen LogP contribution in [0.15, 0.2) is 18.2 Å². The molecular weight excluding hydrogens is 232 g/mol. The van der Waals surface area contributed by atoms with Gasteiger partial charge in [0, 0.05) is 6.54 Å². The van der Waals surface area contributed by atoms with E-state index < -0.39 is 0 Å². The van der Waals surface area contributed by atoms with Gasteiger partial charge in [0.05, 0.1) is 13.7 Å². The van der Waals surface area contributed by atoms with Gasteiger partial charge in [0.15, 0.2) is 18.1 Å². The molecule has 18 heavy (non-hydrogen) atoms. The van der Waals surface area contributed by atoms with Crippen LogP contribution in [0.5, 0.6) is 11.5 Å². The summed E-state index contributed by atoms with van der Waals surface area (Å²) < 4.78 is 10.5. The van der Waals surface area contributed by atoms with E-state index in [1.54, 1.807) is 12.1 Å². The van der Waals surface area contributed by atoms with Crippen LogP contribution < -0.4 is 20.5 Å². The maximum absolute atomic E-state index is 11.3. The fourth-order valence-electron chi connectivity index (χ4n) is 1.30. The van der Waals surface area contributed by atoms with Gasteiger partial charge in [-0.05, 0) is 17.7 Å². The third-order valence-electron chi connectivity index (χ3n) is 2.21. The van der Waals surface area contributed by atoms with Crippen molar-refractivity contribution in [2.75, 3.05) is 20.3 Å². The third-order valence-corrected chi connectivity index (χ3v) is 2.21. The molecule has 0 heterocycles. The average molecular weight is 248 g/mol. The molecule has 1 aromatic carbocycles. The second-order valence-electron chi connectivity index (χ2n) is 3.46. The summed E-state index contributed by atoms with van der Waals surface area (Å²) in [7, 11) is 1.53. The van der Waals surface area contributed by atoms with Gasteiger partial charge in [-0.2, -0.15) is 0 Å². The second kappa shape index (κ2) is 7.20. The van der Waals surface area contributed by atoms with E-state index in [1.807, 2.05) is 6.07 Å². The fourth-order valence-corrected chi connectivity index (χ4v) is 1.30. The summed E-state index contributed by atoms with van der Waals surface area (Å²) in [5.74, 6) is 3.06. The zero-order valence-electron chi connectivity index (χ0n) is 10.2. The van der Waals surface area contributed by atoms with Crippen LogP contribution in [0.3, 0.4) is 0 Å². The number of hydrogen-bond acceptors (Lipinski definition) is 4. The van der Waals surface area contributed by atoms with Crippen molar-refractivity contribution in [3.8, 4) is 23.8 Å². The van der Waals surface area contributed by atoms with Gasteiger partial charge in [0.1, 0.15) is 0 Å². The van der Waals surface area contributed by atoms with Crippen LogP contribution in [-0.4, -0.2) is 26.2 Å². The highest BCUT2D eigenvalue weighted by Crippen LogP contribution is 2.27. The Morgan fingerprint density at radius 1 is 1.50 bits per heavy atom. The Labute approximate surface area is 106 Å². The number of carbonyl (C=O) groups is 1. The molecule has 1 aromatic rings. The minimum absolute atomic E-state index is 0.111. The van der Waals surface area contributed by atoms with Crippen LogP contribution >= 0.6 is 0 Å². The predicted molar refractivity (Wildman–Crippen MR) is 68.2 cm³/mol. The summed E-state index contributed by atoms with van der Waals surface area (Å²) in [6, 6.07) is 5.31. The minimum Gasteiger partial charge on any atom is -0.493 e. The molecule has 0 unspecified atom stereocenters. The fraction of sp³-hybridized carbons (Fsp3) is 0.308. The molecule has 5 nitrogen and oxygen atoms in total. The number of carbonyl (C=O) groups excluding carboxylic acids is 1. The van der Waals surface area contributed by atoms with Crippen molar-refractivity contribution in [3.63, 3.8) is 0 Å². The number of nitrogens with one attached hydrogen (secondary N) is 1. The van der Waals surface area contributed by atoms with Gasteiger partial charge in [-0.1, -0.05) is 12.0 Å². The highest BCUT2D eigenvalue weighted by Gasteiger charge is 2.07. The topological polar surface area (TPSA) is 73.6 Å². The first-order chi connectivity index (χ1) is 8.71. The number of hydrogen-bond donors (Lipinski definition) is 2. The molecule has 0 bridgehead atoms. The lowest BCUT2D eigenvalue weighted by molar-refractivity contribution is -0.122. The lowest BCUT2D eigenvalue weighted by Gasteiger charge is -2.11. The summed E-state index contributed by atoms with van der Waals surface area (Å²) in [6.45, 7) is 0.491. The number of nitrogens with two attached hydrogens (primary N) is 1. The van der Waals surface area contributed by atoms with Gasteiger partial charge in [0.25, 0.3) is 5.91 Å². The molecule has 0 aromatic heterocycles. The Bertz CT molecular complexity index is 452. The van der Waals surface area contributed by atoms with E-state index in [0.717, 1.165) is 5.56 Å². The first kappa shape index (κ1) is 13.9. The number of rotatable bonds is 6. The van der Waals surface area contributed by atoms with E-state index in [0.29, 0.717) is 18.0 Å². The van der Waals surface area contributed by atoms with E-state index in [4.69, 9.17) is 21.6 Å². The Morgan fingerprint density at radius 3 is 2.89 bits per heavy atom.